The van der Waals surface area contributed by atoms with Crippen LogP contribution in [0, 0.1) is 16.2 Å². The first-order valence-corrected chi connectivity index (χ1v) is 6.08. The monoisotopic (exact) mass is 249 g/mol. The van der Waals surface area contributed by atoms with E-state index < -0.39 is 0 Å². The number of nitrogens with zero attached hydrogens (tertiary/aromatic N) is 3. The van der Waals surface area contributed by atoms with Crippen LogP contribution in [-0.2, 0) is 0 Å². The summed E-state index contributed by atoms with van der Waals surface area (Å²) in [5.41, 5.74) is -0.214. The molecule has 1 unspecified atom stereocenters. The Balaban J connectivity index is 2.33. The third-order valence-electron chi connectivity index (χ3n) is 3.02. The Morgan fingerprint density at radius 2 is 1.94 bits per heavy atom. The van der Waals surface area contributed by atoms with Crippen LogP contribution < -0.4 is 0 Å². The highest BCUT2D eigenvalue weighted by Crippen LogP contribution is 2.21. The Hall–Kier alpha value is -1.56. The Morgan fingerprint density at radius 1 is 1.28 bits per heavy atom. The van der Waals surface area contributed by atoms with Crippen molar-refractivity contribution in [1.82, 2.24) is 4.90 Å². The summed E-state index contributed by atoms with van der Waals surface area (Å²) in [5, 5.41) is 25.2. The predicted octanol–water partition coefficient (Wildman–Crippen LogP) is 0.907. The number of amidine groups is 3. The van der Waals surface area contributed by atoms with E-state index in [4.69, 9.17) is 10.8 Å². The number of nitrogens with one attached hydrogen (secondary N) is 2. The van der Waals surface area contributed by atoms with E-state index in [2.05, 4.69) is 9.98 Å². The number of aliphatic imine (C=N–C) groups is 2. The Bertz CT molecular complexity index is 458. The molecule has 0 aromatic heterocycles. The molecular weight excluding hydrogens is 230 g/mol. The van der Waals surface area contributed by atoms with Crippen molar-refractivity contribution in [3.8, 4) is 0 Å². The SMILES string of the molecule is CC(C)(C)C1=NC(=N)C(=N)C(N2CCC(O)C2)=N1. The lowest BCUT2D eigenvalue weighted by Crippen LogP contribution is -2.42. The van der Waals surface area contributed by atoms with E-state index in [1.807, 2.05) is 25.7 Å². The summed E-state index contributed by atoms with van der Waals surface area (Å²) in [6.45, 7) is 7.09. The van der Waals surface area contributed by atoms with E-state index in [1.54, 1.807) is 0 Å². The summed E-state index contributed by atoms with van der Waals surface area (Å²) in [7, 11) is 0. The highest BCUT2D eigenvalue weighted by atomic mass is 16.3. The number of hydrogen-bond acceptors (Lipinski definition) is 5. The molecule has 1 saturated heterocycles. The lowest BCUT2D eigenvalue weighted by molar-refractivity contribution is 0.188. The molecule has 2 rings (SSSR count). The number of rotatable bonds is 0. The second-order valence-corrected chi connectivity index (χ2v) is 5.73. The predicted molar refractivity (Wildman–Crippen MR) is 72.0 cm³/mol. The first-order chi connectivity index (χ1) is 8.29. The third kappa shape index (κ3) is 2.33. The minimum Gasteiger partial charge on any atom is -0.391 e. The molecule has 2 heterocycles. The zero-order valence-corrected chi connectivity index (χ0v) is 11.0. The molecule has 0 bridgehead atoms. The van der Waals surface area contributed by atoms with E-state index in [0.717, 1.165) is 0 Å². The van der Waals surface area contributed by atoms with Crippen LogP contribution in [0.25, 0.3) is 0 Å². The number of hydrogen-bond donors (Lipinski definition) is 3. The lowest BCUT2D eigenvalue weighted by atomic mass is 9.94. The summed E-state index contributed by atoms with van der Waals surface area (Å²) in [5.74, 6) is 0.989. The first kappa shape index (κ1) is 12.9. The van der Waals surface area contributed by atoms with Gasteiger partial charge < -0.3 is 10.0 Å². The van der Waals surface area contributed by atoms with Crippen LogP contribution in [-0.4, -0.2) is 52.4 Å². The molecule has 2 aliphatic heterocycles. The van der Waals surface area contributed by atoms with Gasteiger partial charge in [0.2, 0.25) is 0 Å². The quantitative estimate of drug-likeness (QED) is 0.595. The van der Waals surface area contributed by atoms with E-state index in [9.17, 15) is 5.11 Å². The zero-order chi connectivity index (χ0) is 13.5. The van der Waals surface area contributed by atoms with Crippen LogP contribution in [0.5, 0.6) is 0 Å². The van der Waals surface area contributed by atoms with E-state index >= 15 is 0 Å². The second kappa shape index (κ2) is 4.28. The van der Waals surface area contributed by atoms with Crippen LogP contribution in [0.3, 0.4) is 0 Å². The second-order valence-electron chi connectivity index (χ2n) is 5.73. The van der Waals surface area contributed by atoms with Crippen molar-refractivity contribution < 1.29 is 5.11 Å². The highest BCUT2D eigenvalue weighted by molar-refractivity contribution is 6.68. The molecule has 0 radical (unpaired) electrons. The van der Waals surface area contributed by atoms with Gasteiger partial charge in [-0.05, 0) is 6.42 Å². The summed E-state index contributed by atoms with van der Waals surface area (Å²) in [6.07, 6.45) is 0.313. The van der Waals surface area contributed by atoms with Gasteiger partial charge in [0, 0.05) is 18.5 Å². The van der Waals surface area contributed by atoms with Crippen molar-refractivity contribution in [2.24, 2.45) is 15.4 Å². The van der Waals surface area contributed by atoms with Gasteiger partial charge in [-0.3, -0.25) is 10.8 Å². The number of aliphatic hydroxyl groups excluding tert-OH is 1. The molecule has 3 N–H and O–H groups in total. The topological polar surface area (TPSA) is 95.9 Å². The molecule has 1 fully saturated rings. The van der Waals surface area contributed by atoms with Gasteiger partial charge in [0.1, 0.15) is 11.5 Å². The van der Waals surface area contributed by atoms with Crippen molar-refractivity contribution in [2.45, 2.75) is 33.3 Å². The van der Waals surface area contributed by atoms with Crippen LogP contribution in [0.2, 0.25) is 0 Å². The molecule has 18 heavy (non-hydrogen) atoms. The van der Waals surface area contributed by atoms with Gasteiger partial charge in [0.25, 0.3) is 0 Å². The normalized spacial score (nSPS) is 25.3. The van der Waals surface area contributed by atoms with Gasteiger partial charge in [-0.25, -0.2) is 9.98 Å². The maximum Gasteiger partial charge on any atom is 0.175 e. The lowest BCUT2D eigenvalue weighted by Gasteiger charge is -2.27. The van der Waals surface area contributed by atoms with Crippen molar-refractivity contribution in [3.63, 3.8) is 0 Å². The fraction of sp³-hybridized carbons (Fsp3) is 0.667. The standard InChI is InChI=1S/C12H19N5O/c1-12(2,3)11-15-9(14)8(13)10(16-11)17-5-4-7(18)6-17/h7,13-14,18H,4-6H2,1-3H3. The molecule has 0 amide bonds. The molecule has 0 aromatic carbocycles. The minimum absolute atomic E-state index is 0.0390. The average molecular weight is 249 g/mol. The summed E-state index contributed by atoms with van der Waals surface area (Å²) in [6, 6.07) is 0. The fourth-order valence-corrected chi connectivity index (χ4v) is 1.95. The van der Waals surface area contributed by atoms with Gasteiger partial charge in [-0.1, -0.05) is 20.8 Å². The van der Waals surface area contributed by atoms with Crippen molar-refractivity contribution in [3.05, 3.63) is 0 Å². The Morgan fingerprint density at radius 3 is 2.44 bits per heavy atom. The van der Waals surface area contributed by atoms with Crippen LogP contribution >= 0.6 is 0 Å². The molecule has 1 atom stereocenters. The zero-order valence-electron chi connectivity index (χ0n) is 11.0. The van der Waals surface area contributed by atoms with Crippen LogP contribution in [0.1, 0.15) is 27.2 Å². The van der Waals surface area contributed by atoms with Gasteiger partial charge in [-0.15, -0.1) is 0 Å². The van der Waals surface area contributed by atoms with E-state index in [0.29, 0.717) is 31.2 Å². The number of likely N-dealkylation sites (tertiary alicyclic amines) is 1. The van der Waals surface area contributed by atoms with Gasteiger partial charge in [0.15, 0.2) is 11.7 Å². The molecule has 0 aliphatic carbocycles. The van der Waals surface area contributed by atoms with Crippen LogP contribution in [0.4, 0.5) is 0 Å². The average Bonchev–Trinajstić information content (AvgIpc) is 2.67. The summed E-state index contributed by atoms with van der Waals surface area (Å²) < 4.78 is 0. The van der Waals surface area contributed by atoms with Gasteiger partial charge >= 0.3 is 0 Å². The number of aliphatic hydroxyl groups is 1. The Kier molecular flexibility index (Phi) is 3.06. The maximum atomic E-state index is 9.56. The highest BCUT2D eigenvalue weighted by Gasteiger charge is 2.32. The largest absolute Gasteiger partial charge is 0.391 e. The smallest absolute Gasteiger partial charge is 0.175 e. The molecule has 98 valence electrons. The number of β-amino-alcohol motifs (C(OH)–C–C–N with tert-alkyl or cyclic N) is 1. The molecular formula is C12H19N5O. The minimum atomic E-state index is -0.369. The van der Waals surface area contributed by atoms with Crippen LogP contribution in [0.15, 0.2) is 9.98 Å². The molecule has 6 nitrogen and oxygen atoms in total. The third-order valence-corrected chi connectivity index (χ3v) is 3.02. The van der Waals surface area contributed by atoms with E-state index in [-0.39, 0.29) is 23.1 Å². The van der Waals surface area contributed by atoms with Crippen molar-refractivity contribution >= 4 is 23.2 Å². The van der Waals surface area contributed by atoms with Crippen molar-refractivity contribution in [1.29, 1.82) is 10.8 Å². The van der Waals surface area contributed by atoms with Gasteiger partial charge in [-0.2, -0.15) is 0 Å². The fourth-order valence-electron chi connectivity index (χ4n) is 1.95. The molecule has 0 spiro atoms. The molecule has 0 aromatic rings. The first-order valence-electron chi connectivity index (χ1n) is 6.08. The van der Waals surface area contributed by atoms with Gasteiger partial charge in [0.05, 0.1) is 6.10 Å². The maximum absolute atomic E-state index is 9.56. The molecule has 0 saturated carbocycles. The van der Waals surface area contributed by atoms with Crippen molar-refractivity contribution in [2.75, 3.05) is 13.1 Å². The summed E-state index contributed by atoms with van der Waals surface area (Å²) in [4.78, 5) is 10.4. The summed E-state index contributed by atoms with van der Waals surface area (Å²) >= 11 is 0. The van der Waals surface area contributed by atoms with E-state index in [1.165, 1.54) is 0 Å². The Labute approximate surface area is 106 Å². The molecule has 6 heteroatoms. The molecule has 2 aliphatic rings.